The van der Waals surface area contributed by atoms with Crippen molar-refractivity contribution in [2.75, 3.05) is 14.2 Å². The molecule has 0 spiro atoms. The molecular weight excluding hydrogens is 359 g/mol. The highest BCUT2D eigenvalue weighted by atomic mass is 35.5. The van der Waals surface area contributed by atoms with Crippen LogP contribution in [0, 0.1) is 6.92 Å². The van der Waals surface area contributed by atoms with Crippen LogP contribution in [0.3, 0.4) is 0 Å². The van der Waals surface area contributed by atoms with Gasteiger partial charge >= 0.3 is 0 Å². The fourth-order valence-electron chi connectivity index (χ4n) is 2.73. The molecule has 0 atom stereocenters. The maximum Gasteiger partial charge on any atom is 0.161 e. The SMILES string of the molecule is COc1ccc(Cc2nc(-c3ccc(Cl)cc3Cl)c(C)[nH]2)cc1OC. The first-order chi connectivity index (χ1) is 12.0. The molecule has 1 N–H and O–H groups in total. The van der Waals surface area contributed by atoms with Crippen LogP contribution in [0.4, 0.5) is 0 Å². The fourth-order valence-corrected chi connectivity index (χ4v) is 3.23. The second-order valence-electron chi connectivity index (χ2n) is 5.65. The van der Waals surface area contributed by atoms with Gasteiger partial charge < -0.3 is 14.5 Å². The van der Waals surface area contributed by atoms with Crippen LogP contribution in [-0.4, -0.2) is 24.2 Å². The van der Waals surface area contributed by atoms with Crippen LogP contribution in [0.25, 0.3) is 11.3 Å². The molecule has 2 aromatic carbocycles. The number of benzene rings is 2. The summed E-state index contributed by atoms with van der Waals surface area (Å²) in [5, 5.41) is 1.19. The van der Waals surface area contributed by atoms with E-state index in [0.717, 1.165) is 28.3 Å². The van der Waals surface area contributed by atoms with Gasteiger partial charge in [0.2, 0.25) is 0 Å². The van der Waals surface area contributed by atoms with Crippen LogP contribution < -0.4 is 9.47 Å². The number of nitrogens with zero attached hydrogens (tertiary/aromatic N) is 1. The minimum absolute atomic E-state index is 0.583. The molecule has 0 unspecified atom stereocenters. The third-order valence-electron chi connectivity index (χ3n) is 3.94. The Bertz CT molecular complexity index is 906. The first-order valence-corrected chi connectivity index (χ1v) is 8.49. The number of ether oxygens (including phenoxy) is 2. The first kappa shape index (κ1) is 17.6. The zero-order chi connectivity index (χ0) is 18.0. The number of rotatable bonds is 5. The minimum atomic E-state index is 0.583. The number of nitrogens with one attached hydrogen (secondary N) is 1. The quantitative estimate of drug-likeness (QED) is 0.656. The van der Waals surface area contributed by atoms with E-state index in [9.17, 15) is 0 Å². The van der Waals surface area contributed by atoms with Crippen molar-refractivity contribution in [3.8, 4) is 22.8 Å². The molecule has 0 aliphatic carbocycles. The average molecular weight is 377 g/mol. The molecule has 0 aliphatic rings. The molecule has 0 fully saturated rings. The molecule has 0 bridgehead atoms. The molecular formula is C19H18Cl2N2O2. The van der Waals surface area contributed by atoms with Gasteiger partial charge in [0.05, 0.1) is 24.9 Å². The standard InChI is InChI=1S/C19H18Cl2N2O2/c1-11-19(14-6-5-13(20)10-15(14)21)23-18(22-11)9-12-4-7-16(24-2)17(8-12)25-3/h4-8,10H,9H2,1-3H3,(H,22,23). The number of aromatic amines is 1. The molecule has 4 nitrogen and oxygen atoms in total. The lowest BCUT2D eigenvalue weighted by Crippen LogP contribution is -1.95. The Balaban J connectivity index is 1.90. The van der Waals surface area contributed by atoms with E-state index < -0.39 is 0 Å². The molecule has 0 saturated heterocycles. The Morgan fingerprint density at radius 3 is 2.44 bits per heavy atom. The van der Waals surface area contributed by atoms with Crippen LogP contribution in [0.2, 0.25) is 10.0 Å². The molecule has 6 heteroatoms. The molecule has 3 aromatic rings. The highest BCUT2D eigenvalue weighted by Gasteiger charge is 2.13. The lowest BCUT2D eigenvalue weighted by molar-refractivity contribution is 0.354. The predicted octanol–water partition coefficient (Wildman–Crippen LogP) is 5.30. The smallest absolute Gasteiger partial charge is 0.161 e. The third-order valence-corrected chi connectivity index (χ3v) is 4.49. The van der Waals surface area contributed by atoms with Crippen molar-refractivity contribution in [1.29, 1.82) is 0 Å². The van der Waals surface area contributed by atoms with E-state index in [2.05, 4.69) is 4.98 Å². The number of aromatic nitrogens is 2. The van der Waals surface area contributed by atoms with Gasteiger partial charge in [0.1, 0.15) is 5.82 Å². The molecule has 0 saturated carbocycles. The topological polar surface area (TPSA) is 47.1 Å². The highest BCUT2D eigenvalue weighted by Crippen LogP contribution is 2.32. The van der Waals surface area contributed by atoms with Crippen LogP contribution in [-0.2, 0) is 6.42 Å². The lowest BCUT2D eigenvalue weighted by Gasteiger charge is -2.08. The summed E-state index contributed by atoms with van der Waals surface area (Å²) >= 11 is 12.3. The number of aryl methyl sites for hydroxylation is 1. The van der Waals surface area contributed by atoms with Crippen molar-refractivity contribution in [2.45, 2.75) is 13.3 Å². The normalized spacial score (nSPS) is 10.8. The van der Waals surface area contributed by atoms with Gasteiger partial charge in [-0.25, -0.2) is 4.98 Å². The Hall–Kier alpha value is -2.17. The summed E-state index contributed by atoms with van der Waals surface area (Å²) in [5.74, 6) is 2.26. The third kappa shape index (κ3) is 3.75. The summed E-state index contributed by atoms with van der Waals surface area (Å²) in [4.78, 5) is 8.03. The van der Waals surface area contributed by atoms with Gasteiger partial charge in [-0.05, 0) is 42.8 Å². The molecule has 1 heterocycles. The van der Waals surface area contributed by atoms with Gasteiger partial charge in [-0.3, -0.25) is 0 Å². The predicted molar refractivity (Wildman–Crippen MR) is 101 cm³/mol. The average Bonchev–Trinajstić information content (AvgIpc) is 2.94. The molecule has 130 valence electrons. The number of hydrogen-bond donors (Lipinski definition) is 1. The molecule has 0 aliphatic heterocycles. The molecule has 0 amide bonds. The van der Waals surface area contributed by atoms with Gasteiger partial charge in [-0.1, -0.05) is 29.3 Å². The Morgan fingerprint density at radius 2 is 1.76 bits per heavy atom. The maximum absolute atomic E-state index is 6.31. The molecule has 1 aromatic heterocycles. The van der Waals surface area contributed by atoms with Gasteiger partial charge in [-0.15, -0.1) is 0 Å². The van der Waals surface area contributed by atoms with Crippen molar-refractivity contribution in [2.24, 2.45) is 0 Å². The number of halogens is 2. The van der Waals surface area contributed by atoms with Gasteiger partial charge in [0.25, 0.3) is 0 Å². The fraction of sp³-hybridized carbons (Fsp3) is 0.211. The Kier molecular flexibility index (Phi) is 5.21. The summed E-state index contributed by atoms with van der Waals surface area (Å²) in [5.41, 5.74) is 3.72. The number of H-pyrrole nitrogens is 1. The van der Waals surface area contributed by atoms with Crippen molar-refractivity contribution in [1.82, 2.24) is 9.97 Å². The summed E-state index contributed by atoms with van der Waals surface area (Å²) in [6, 6.07) is 11.3. The van der Waals surface area contributed by atoms with E-state index in [4.69, 9.17) is 37.7 Å². The summed E-state index contributed by atoms with van der Waals surface area (Å²) in [6.07, 6.45) is 0.645. The maximum atomic E-state index is 6.31. The van der Waals surface area contributed by atoms with E-state index >= 15 is 0 Å². The van der Waals surface area contributed by atoms with Crippen molar-refractivity contribution in [3.05, 3.63) is 63.5 Å². The van der Waals surface area contributed by atoms with E-state index in [1.807, 2.05) is 37.3 Å². The van der Waals surface area contributed by atoms with E-state index in [1.54, 1.807) is 20.3 Å². The summed E-state index contributed by atoms with van der Waals surface area (Å²) in [7, 11) is 3.24. The summed E-state index contributed by atoms with van der Waals surface area (Å²) in [6.45, 7) is 1.98. The van der Waals surface area contributed by atoms with Crippen LogP contribution >= 0.6 is 23.2 Å². The van der Waals surface area contributed by atoms with E-state index in [-0.39, 0.29) is 0 Å². The van der Waals surface area contributed by atoms with Gasteiger partial charge in [0.15, 0.2) is 11.5 Å². The zero-order valence-corrected chi connectivity index (χ0v) is 15.7. The summed E-state index contributed by atoms with van der Waals surface area (Å²) < 4.78 is 10.6. The Labute approximate surface area is 156 Å². The van der Waals surface area contributed by atoms with Gasteiger partial charge in [-0.2, -0.15) is 0 Å². The highest BCUT2D eigenvalue weighted by molar-refractivity contribution is 6.36. The minimum Gasteiger partial charge on any atom is -0.493 e. The number of imidazole rings is 1. The second kappa shape index (κ2) is 7.38. The van der Waals surface area contributed by atoms with E-state index in [1.165, 1.54) is 0 Å². The number of hydrogen-bond acceptors (Lipinski definition) is 3. The van der Waals surface area contributed by atoms with Crippen molar-refractivity contribution < 1.29 is 9.47 Å². The van der Waals surface area contributed by atoms with E-state index in [0.29, 0.717) is 28.0 Å². The molecule has 25 heavy (non-hydrogen) atoms. The largest absolute Gasteiger partial charge is 0.493 e. The van der Waals surface area contributed by atoms with Crippen LogP contribution in [0.5, 0.6) is 11.5 Å². The monoisotopic (exact) mass is 376 g/mol. The second-order valence-corrected chi connectivity index (χ2v) is 6.49. The molecule has 3 rings (SSSR count). The van der Waals surface area contributed by atoms with Crippen LogP contribution in [0.1, 0.15) is 17.1 Å². The van der Waals surface area contributed by atoms with Gasteiger partial charge in [0, 0.05) is 22.7 Å². The number of methoxy groups -OCH3 is 2. The first-order valence-electron chi connectivity index (χ1n) is 7.73. The zero-order valence-electron chi connectivity index (χ0n) is 14.2. The lowest BCUT2D eigenvalue weighted by atomic mass is 10.1. The molecule has 0 radical (unpaired) electrons. The Morgan fingerprint density at radius 1 is 1.00 bits per heavy atom. The van der Waals surface area contributed by atoms with Crippen molar-refractivity contribution >= 4 is 23.2 Å². The van der Waals surface area contributed by atoms with Crippen molar-refractivity contribution in [3.63, 3.8) is 0 Å². The van der Waals surface area contributed by atoms with Crippen LogP contribution in [0.15, 0.2) is 36.4 Å².